The monoisotopic (exact) mass is 235 g/mol. The quantitative estimate of drug-likeness (QED) is 0.698. The Balaban J connectivity index is 1.57. The fourth-order valence-corrected chi connectivity index (χ4v) is 3.72. The second kappa shape index (κ2) is 4.51. The van der Waals surface area contributed by atoms with E-state index >= 15 is 0 Å². The molecule has 1 spiro atoms. The van der Waals surface area contributed by atoms with Crippen LogP contribution in [0.2, 0.25) is 0 Å². The van der Waals surface area contributed by atoms with Crippen molar-refractivity contribution in [1.29, 1.82) is 0 Å². The lowest BCUT2D eigenvalue weighted by Crippen LogP contribution is -2.48. The van der Waals surface area contributed by atoms with Gasteiger partial charge < -0.3 is 10.2 Å². The molecule has 17 heavy (non-hydrogen) atoms. The average Bonchev–Trinajstić information content (AvgIpc) is 2.78. The van der Waals surface area contributed by atoms with Gasteiger partial charge in [-0.15, -0.1) is 0 Å². The van der Waals surface area contributed by atoms with Crippen molar-refractivity contribution in [3.8, 4) is 0 Å². The Kier molecular flexibility index (Phi) is 3.01. The molecule has 3 heteroatoms. The van der Waals surface area contributed by atoms with Crippen LogP contribution in [0.3, 0.4) is 0 Å². The molecule has 3 rings (SSSR count). The number of hydrogen-bond donors (Lipinski definition) is 1. The van der Waals surface area contributed by atoms with E-state index in [-0.39, 0.29) is 0 Å². The van der Waals surface area contributed by atoms with Crippen LogP contribution in [0.25, 0.3) is 0 Å². The summed E-state index contributed by atoms with van der Waals surface area (Å²) in [5.41, 5.74) is 0.708. The van der Waals surface area contributed by atoms with Crippen LogP contribution in [0.5, 0.6) is 0 Å². The average molecular weight is 235 g/mol. The zero-order valence-electron chi connectivity index (χ0n) is 11.0. The lowest BCUT2D eigenvalue weighted by molar-refractivity contribution is 0.0966. The minimum Gasteiger partial charge on any atom is -0.352 e. The number of hydrogen-bond acceptors (Lipinski definition) is 3. The van der Waals surface area contributed by atoms with Crippen LogP contribution in [0.1, 0.15) is 51.9 Å². The summed E-state index contributed by atoms with van der Waals surface area (Å²) in [5, 5.41) is 3.49. The van der Waals surface area contributed by atoms with E-state index < -0.39 is 0 Å². The third-order valence-corrected chi connectivity index (χ3v) is 4.93. The molecule has 0 amide bonds. The van der Waals surface area contributed by atoms with Crippen molar-refractivity contribution in [2.45, 2.75) is 57.9 Å². The summed E-state index contributed by atoms with van der Waals surface area (Å²) < 4.78 is 0. The Morgan fingerprint density at radius 1 is 1.12 bits per heavy atom. The molecule has 0 aromatic heterocycles. The van der Waals surface area contributed by atoms with Gasteiger partial charge >= 0.3 is 0 Å². The number of nitrogens with zero attached hydrogens (tertiary/aromatic N) is 2. The van der Waals surface area contributed by atoms with Gasteiger partial charge in [-0.05, 0) is 38.0 Å². The van der Waals surface area contributed by atoms with Crippen molar-refractivity contribution in [2.24, 2.45) is 10.4 Å². The second-order valence-electron chi connectivity index (χ2n) is 6.26. The molecule has 1 saturated carbocycles. The Labute approximate surface area is 105 Å². The highest BCUT2D eigenvalue weighted by Gasteiger charge is 2.36. The summed E-state index contributed by atoms with van der Waals surface area (Å²) in [6.07, 6.45) is 10.2. The maximum absolute atomic E-state index is 4.61. The number of rotatable bonds is 0. The molecule has 1 N–H and O–H groups in total. The van der Waals surface area contributed by atoms with Crippen molar-refractivity contribution in [2.75, 3.05) is 19.6 Å². The molecule has 1 unspecified atom stereocenters. The first-order valence-corrected chi connectivity index (χ1v) is 7.33. The second-order valence-corrected chi connectivity index (χ2v) is 6.26. The zero-order chi connectivity index (χ0) is 11.7. The minimum absolute atomic E-state index is 0.538. The molecule has 0 bridgehead atoms. The zero-order valence-corrected chi connectivity index (χ0v) is 11.0. The summed E-state index contributed by atoms with van der Waals surface area (Å²) in [4.78, 5) is 7.08. The highest BCUT2D eigenvalue weighted by molar-refractivity contribution is 5.82. The number of piperidine rings is 1. The van der Waals surface area contributed by atoms with Gasteiger partial charge in [0, 0.05) is 19.1 Å². The summed E-state index contributed by atoms with van der Waals surface area (Å²) >= 11 is 0. The van der Waals surface area contributed by atoms with Crippen molar-refractivity contribution >= 4 is 5.96 Å². The third-order valence-electron chi connectivity index (χ3n) is 4.93. The molecule has 0 radical (unpaired) electrons. The first kappa shape index (κ1) is 11.4. The fourth-order valence-electron chi connectivity index (χ4n) is 3.72. The van der Waals surface area contributed by atoms with Crippen molar-refractivity contribution in [1.82, 2.24) is 10.2 Å². The van der Waals surface area contributed by atoms with Crippen LogP contribution < -0.4 is 5.32 Å². The third kappa shape index (κ3) is 2.29. The SMILES string of the molecule is CC1CN=C(N2CCC3(CCCCC3)CC2)N1. The number of guanidine groups is 1. The summed E-state index contributed by atoms with van der Waals surface area (Å²) in [6, 6.07) is 0.538. The van der Waals surface area contributed by atoms with Crippen LogP contribution in [0.15, 0.2) is 4.99 Å². The van der Waals surface area contributed by atoms with E-state index in [2.05, 4.69) is 22.1 Å². The lowest BCUT2D eigenvalue weighted by atomic mass is 9.68. The predicted octanol–water partition coefficient (Wildman–Crippen LogP) is 2.38. The van der Waals surface area contributed by atoms with Crippen LogP contribution in [-0.2, 0) is 0 Å². The maximum Gasteiger partial charge on any atom is 0.194 e. The normalized spacial score (nSPS) is 32.4. The first-order chi connectivity index (χ1) is 8.27. The fraction of sp³-hybridized carbons (Fsp3) is 0.929. The van der Waals surface area contributed by atoms with E-state index in [1.807, 2.05) is 0 Å². The van der Waals surface area contributed by atoms with E-state index in [0.29, 0.717) is 11.5 Å². The van der Waals surface area contributed by atoms with Crippen LogP contribution in [0.4, 0.5) is 0 Å². The van der Waals surface area contributed by atoms with Gasteiger partial charge in [-0.3, -0.25) is 4.99 Å². The molecule has 1 atom stereocenters. The molecule has 3 nitrogen and oxygen atoms in total. The molecule has 0 aromatic carbocycles. The summed E-state index contributed by atoms with van der Waals surface area (Å²) in [6.45, 7) is 5.61. The van der Waals surface area contributed by atoms with Crippen molar-refractivity contribution in [3.63, 3.8) is 0 Å². The van der Waals surface area contributed by atoms with Gasteiger partial charge in [0.05, 0.1) is 6.54 Å². The maximum atomic E-state index is 4.61. The van der Waals surface area contributed by atoms with Gasteiger partial charge in [-0.25, -0.2) is 0 Å². The number of aliphatic imine (C=N–C) groups is 1. The molecule has 1 saturated heterocycles. The van der Waals surface area contributed by atoms with Gasteiger partial charge in [0.25, 0.3) is 0 Å². The van der Waals surface area contributed by atoms with Crippen molar-refractivity contribution in [3.05, 3.63) is 0 Å². The van der Waals surface area contributed by atoms with Crippen LogP contribution in [0, 0.1) is 5.41 Å². The topological polar surface area (TPSA) is 27.6 Å². The molecule has 0 aromatic rings. The van der Waals surface area contributed by atoms with Gasteiger partial charge in [0.1, 0.15) is 0 Å². The molecular weight excluding hydrogens is 210 g/mol. The number of nitrogens with one attached hydrogen (secondary N) is 1. The van der Waals surface area contributed by atoms with E-state index in [4.69, 9.17) is 0 Å². The first-order valence-electron chi connectivity index (χ1n) is 7.33. The highest BCUT2D eigenvalue weighted by Crippen LogP contribution is 2.44. The minimum atomic E-state index is 0.538. The Morgan fingerprint density at radius 2 is 1.82 bits per heavy atom. The van der Waals surface area contributed by atoms with Gasteiger partial charge in [-0.1, -0.05) is 19.3 Å². The molecule has 2 heterocycles. The molecular formula is C14H25N3. The van der Waals surface area contributed by atoms with E-state index in [1.54, 1.807) is 0 Å². The molecule has 3 aliphatic rings. The van der Waals surface area contributed by atoms with E-state index in [9.17, 15) is 0 Å². The highest BCUT2D eigenvalue weighted by atomic mass is 15.3. The smallest absolute Gasteiger partial charge is 0.194 e. The lowest BCUT2D eigenvalue weighted by Gasteiger charge is -2.44. The predicted molar refractivity (Wildman–Crippen MR) is 71.2 cm³/mol. The largest absolute Gasteiger partial charge is 0.352 e. The number of likely N-dealkylation sites (tertiary alicyclic amines) is 1. The molecule has 96 valence electrons. The molecule has 2 aliphatic heterocycles. The van der Waals surface area contributed by atoms with Gasteiger partial charge in [-0.2, -0.15) is 0 Å². The summed E-state index contributed by atoms with van der Waals surface area (Å²) in [5.74, 6) is 1.17. The van der Waals surface area contributed by atoms with E-state index in [1.165, 1.54) is 64.0 Å². The van der Waals surface area contributed by atoms with Gasteiger partial charge in [0.2, 0.25) is 0 Å². The van der Waals surface area contributed by atoms with E-state index in [0.717, 1.165) is 6.54 Å². The molecule has 2 fully saturated rings. The molecule has 1 aliphatic carbocycles. The van der Waals surface area contributed by atoms with Crippen molar-refractivity contribution < 1.29 is 0 Å². The van der Waals surface area contributed by atoms with Crippen LogP contribution in [-0.4, -0.2) is 36.5 Å². The van der Waals surface area contributed by atoms with Crippen LogP contribution >= 0.6 is 0 Å². The summed E-state index contributed by atoms with van der Waals surface area (Å²) in [7, 11) is 0. The Hall–Kier alpha value is -0.730. The van der Waals surface area contributed by atoms with Gasteiger partial charge in [0.15, 0.2) is 5.96 Å². The Morgan fingerprint density at radius 3 is 2.41 bits per heavy atom. The standard InChI is InChI=1S/C14H25N3/c1-12-11-15-13(16-12)17-9-7-14(8-10-17)5-3-2-4-6-14/h12H,2-11H2,1H3,(H,15,16). The Bertz CT molecular complexity index is 295.